The van der Waals surface area contributed by atoms with Gasteiger partial charge in [0.25, 0.3) is 0 Å². The molecule has 3 heterocycles. The van der Waals surface area contributed by atoms with E-state index < -0.39 is 33.2 Å². The van der Waals surface area contributed by atoms with Crippen molar-refractivity contribution in [2.75, 3.05) is 23.7 Å². The van der Waals surface area contributed by atoms with E-state index in [1.807, 2.05) is 0 Å². The second kappa shape index (κ2) is 4.81. The van der Waals surface area contributed by atoms with Gasteiger partial charge in [-0.05, 0) is 25.8 Å². The number of rotatable bonds is 1. The average Bonchev–Trinajstić information content (AvgIpc) is 2.80. The van der Waals surface area contributed by atoms with Crippen LogP contribution in [-0.2, 0) is 9.84 Å². The molecule has 22 heavy (non-hydrogen) atoms. The first kappa shape index (κ1) is 15.5. The Bertz CT molecular complexity index is 692. The van der Waals surface area contributed by atoms with Gasteiger partial charge < -0.3 is 4.90 Å². The molecule has 3 rings (SSSR count). The van der Waals surface area contributed by atoms with Crippen molar-refractivity contribution in [3.8, 4) is 0 Å². The topological polar surface area (TPSA) is 63.2 Å². The largest absolute Gasteiger partial charge is 0.397 e. The number of fused-ring (bicyclic) bond motifs is 1. The van der Waals surface area contributed by atoms with Crippen LogP contribution in [-0.4, -0.2) is 48.7 Å². The Hall–Kier alpha value is -1.38. The monoisotopic (exact) mass is 335 g/mol. The molecule has 0 unspecified atom stereocenters. The van der Waals surface area contributed by atoms with Crippen molar-refractivity contribution in [2.45, 2.75) is 31.2 Å². The Kier molecular flexibility index (Phi) is 3.39. The van der Waals surface area contributed by atoms with E-state index in [1.54, 1.807) is 13.0 Å². The highest BCUT2D eigenvalue weighted by molar-refractivity contribution is 7.92. The van der Waals surface area contributed by atoms with Crippen LogP contribution < -0.4 is 4.90 Å². The predicted molar refractivity (Wildman–Crippen MR) is 74.3 cm³/mol. The molecule has 1 aromatic heterocycles. The van der Waals surface area contributed by atoms with Gasteiger partial charge in [-0.3, -0.25) is 0 Å². The van der Waals surface area contributed by atoms with Gasteiger partial charge in [0, 0.05) is 25.0 Å². The molecular formula is C13H16F3N3O2S. The second-order valence-electron chi connectivity index (χ2n) is 5.99. The Labute approximate surface area is 126 Å². The number of hydrogen-bond donors (Lipinski definition) is 0. The highest BCUT2D eigenvalue weighted by Gasteiger charge is 2.68. The summed E-state index contributed by atoms with van der Waals surface area (Å²) in [5.74, 6) is -0.0221. The van der Waals surface area contributed by atoms with E-state index in [1.165, 1.54) is 11.1 Å². The number of aryl methyl sites for hydroxylation is 1. The number of anilines is 1. The van der Waals surface area contributed by atoms with Crippen LogP contribution in [0, 0.1) is 12.3 Å². The summed E-state index contributed by atoms with van der Waals surface area (Å²) >= 11 is 0. The van der Waals surface area contributed by atoms with Crippen molar-refractivity contribution in [2.24, 2.45) is 5.41 Å². The molecule has 9 heteroatoms. The van der Waals surface area contributed by atoms with Gasteiger partial charge in [0.05, 0.1) is 11.0 Å². The fourth-order valence-corrected chi connectivity index (χ4v) is 5.72. The molecule has 0 bridgehead atoms. The Morgan fingerprint density at radius 3 is 2.73 bits per heavy atom. The van der Waals surface area contributed by atoms with Crippen LogP contribution in [0.15, 0.2) is 12.3 Å². The Morgan fingerprint density at radius 2 is 2.14 bits per heavy atom. The van der Waals surface area contributed by atoms with Crippen LogP contribution >= 0.6 is 0 Å². The normalized spacial score (nSPS) is 31.1. The number of nitrogens with zero attached hydrogens (tertiary/aromatic N) is 3. The van der Waals surface area contributed by atoms with Gasteiger partial charge in [0.1, 0.15) is 5.41 Å². The summed E-state index contributed by atoms with van der Waals surface area (Å²) in [7, 11) is -3.77. The van der Waals surface area contributed by atoms with Crippen molar-refractivity contribution in [3.63, 3.8) is 0 Å². The third kappa shape index (κ3) is 2.26. The van der Waals surface area contributed by atoms with Crippen LogP contribution in [0.2, 0.25) is 0 Å². The van der Waals surface area contributed by atoms with E-state index in [0.717, 1.165) is 0 Å². The van der Waals surface area contributed by atoms with Crippen LogP contribution in [0.25, 0.3) is 0 Å². The molecule has 2 aliphatic rings. The maximum atomic E-state index is 13.7. The van der Waals surface area contributed by atoms with E-state index in [-0.39, 0.29) is 31.1 Å². The van der Waals surface area contributed by atoms with Crippen molar-refractivity contribution in [1.82, 2.24) is 9.97 Å². The number of halogens is 3. The predicted octanol–water partition coefficient (Wildman–Crippen LogP) is 1.73. The van der Waals surface area contributed by atoms with Gasteiger partial charge in [-0.15, -0.1) is 0 Å². The van der Waals surface area contributed by atoms with Gasteiger partial charge in [-0.2, -0.15) is 13.2 Å². The van der Waals surface area contributed by atoms with Crippen molar-refractivity contribution in [1.29, 1.82) is 0 Å². The van der Waals surface area contributed by atoms with Crippen LogP contribution in [0.5, 0.6) is 0 Å². The first-order chi connectivity index (χ1) is 10.2. The van der Waals surface area contributed by atoms with Gasteiger partial charge in [0.15, 0.2) is 9.84 Å². The number of aromatic nitrogens is 2. The second-order valence-corrected chi connectivity index (χ2v) is 8.29. The zero-order chi connectivity index (χ0) is 16.2. The molecule has 2 saturated heterocycles. The minimum Gasteiger partial charge on any atom is -0.339 e. The lowest BCUT2D eigenvalue weighted by atomic mass is 9.81. The molecule has 0 N–H and O–H groups in total. The zero-order valence-corrected chi connectivity index (χ0v) is 12.8. The fraction of sp³-hybridized carbons (Fsp3) is 0.692. The molecule has 2 aliphatic heterocycles. The maximum Gasteiger partial charge on any atom is 0.397 e. The summed E-state index contributed by atoms with van der Waals surface area (Å²) in [4.78, 5) is 9.47. The smallest absolute Gasteiger partial charge is 0.339 e. The minimum absolute atomic E-state index is 0.0425. The molecule has 5 nitrogen and oxygen atoms in total. The Morgan fingerprint density at radius 1 is 1.41 bits per heavy atom. The lowest BCUT2D eigenvalue weighted by Crippen LogP contribution is -2.53. The van der Waals surface area contributed by atoms with E-state index in [2.05, 4.69) is 9.97 Å². The number of alkyl halides is 3. The molecule has 0 aliphatic carbocycles. The van der Waals surface area contributed by atoms with Gasteiger partial charge in [-0.1, -0.05) is 0 Å². The average molecular weight is 335 g/mol. The first-order valence-corrected chi connectivity index (χ1v) is 8.70. The van der Waals surface area contributed by atoms with Gasteiger partial charge >= 0.3 is 6.18 Å². The van der Waals surface area contributed by atoms with Crippen LogP contribution in [0.1, 0.15) is 18.5 Å². The molecule has 2 fully saturated rings. The van der Waals surface area contributed by atoms with E-state index in [9.17, 15) is 21.6 Å². The quantitative estimate of drug-likeness (QED) is 0.782. The fourth-order valence-electron chi connectivity index (χ4n) is 3.46. The van der Waals surface area contributed by atoms with E-state index in [4.69, 9.17) is 0 Å². The van der Waals surface area contributed by atoms with Crippen molar-refractivity contribution in [3.05, 3.63) is 18.0 Å². The maximum absolute atomic E-state index is 13.7. The lowest BCUT2D eigenvalue weighted by Gasteiger charge is -2.39. The standard InChI is InChI=1S/C13H16F3N3O2S/c1-9-3-5-17-11(18-9)19-7-10-12(8-19,13(14,15)16)4-2-6-22(10,20)21/h3,5,10H,2,4,6-8H2,1H3/t10-,12-/m1/s1. The SMILES string of the molecule is Cc1ccnc(N2C[C@@H]3[C@@](C(F)(F)F)(CCCS3(=O)=O)C2)n1. The molecule has 0 spiro atoms. The molecule has 0 amide bonds. The van der Waals surface area contributed by atoms with Crippen LogP contribution in [0.4, 0.5) is 19.1 Å². The van der Waals surface area contributed by atoms with E-state index in [0.29, 0.717) is 5.69 Å². The summed E-state index contributed by atoms with van der Waals surface area (Å²) in [5, 5.41) is -1.43. The van der Waals surface area contributed by atoms with Gasteiger partial charge in [-0.25, -0.2) is 18.4 Å². The minimum atomic E-state index is -4.57. The summed E-state index contributed by atoms with van der Waals surface area (Å²) in [6.45, 7) is 1.11. The van der Waals surface area contributed by atoms with Crippen molar-refractivity contribution >= 4 is 15.8 Å². The summed E-state index contributed by atoms with van der Waals surface area (Å²) in [6, 6.07) is 1.64. The zero-order valence-electron chi connectivity index (χ0n) is 12.0. The number of hydrogen-bond acceptors (Lipinski definition) is 5. The highest BCUT2D eigenvalue weighted by atomic mass is 32.2. The van der Waals surface area contributed by atoms with Gasteiger partial charge in [0.2, 0.25) is 5.95 Å². The summed E-state index contributed by atoms with van der Waals surface area (Å²) in [5.41, 5.74) is -1.58. The molecule has 0 radical (unpaired) electrons. The number of sulfone groups is 1. The summed E-state index contributed by atoms with van der Waals surface area (Å²) < 4.78 is 65.4. The molecule has 0 saturated carbocycles. The third-order valence-corrected chi connectivity index (χ3v) is 6.92. The highest BCUT2D eigenvalue weighted by Crippen LogP contribution is 2.53. The molecular weight excluding hydrogens is 319 g/mol. The molecule has 1 aromatic rings. The van der Waals surface area contributed by atoms with Crippen molar-refractivity contribution < 1.29 is 21.6 Å². The molecule has 2 atom stereocenters. The Balaban J connectivity index is 2.04. The first-order valence-electron chi connectivity index (χ1n) is 6.99. The lowest BCUT2D eigenvalue weighted by molar-refractivity contribution is -0.218. The molecule has 122 valence electrons. The van der Waals surface area contributed by atoms with E-state index >= 15 is 0 Å². The molecule has 0 aromatic carbocycles. The third-order valence-electron chi connectivity index (χ3n) is 4.59. The van der Waals surface area contributed by atoms with Crippen LogP contribution in [0.3, 0.4) is 0 Å². The summed E-state index contributed by atoms with van der Waals surface area (Å²) in [6.07, 6.45) is -3.22.